The molecule has 17 heavy (non-hydrogen) atoms. The molecule has 0 atom stereocenters. The van der Waals surface area contributed by atoms with Gasteiger partial charge < -0.3 is 0 Å². The Kier molecular flexibility index (Phi) is 3.72. The summed E-state index contributed by atoms with van der Waals surface area (Å²) in [5, 5.41) is 1.53. The molecule has 2 aromatic rings. The lowest BCUT2D eigenvalue weighted by Gasteiger charge is -2.06. The average Bonchev–Trinajstić information content (AvgIpc) is 2.29. The largest absolute Gasteiger partial charge is 0.298 e. The van der Waals surface area contributed by atoms with Gasteiger partial charge in [0.2, 0.25) is 0 Å². The topological polar surface area (TPSA) is 17.1 Å². The normalized spacial score (nSPS) is 10.3. The second kappa shape index (κ2) is 5.09. The van der Waals surface area contributed by atoms with Crippen molar-refractivity contribution in [3.63, 3.8) is 0 Å². The predicted molar refractivity (Wildman–Crippen MR) is 72.3 cm³/mol. The highest BCUT2D eigenvalue weighted by Crippen LogP contribution is 2.32. The molecule has 0 fully saturated rings. The van der Waals surface area contributed by atoms with Gasteiger partial charge in [0.1, 0.15) is 0 Å². The second-order valence-corrected chi connectivity index (χ2v) is 4.73. The van der Waals surface area contributed by atoms with E-state index in [0.29, 0.717) is 20.6 Å². The van der Waals surface area contributed by atoms with Crippen LogP contribution in [0.4, 0.5) is 0 Å². The summed E-state index contributed by atoms with van der Waals surface area (Å²) in [4.78, 5) is 10.7. The first-order valence-electron chi connectivity index (χ1n) is 4.82. The van der Waals surface area contributed by atoms with Crippen molar-refractivity contribution in [1.82, 2.24) is 0 Å². The highest BCUT2D eigenvalue weighted by atomic mass is 35.5. The van der Waals surface area contributed by atoms with Crippen LogP contribution in [0.25, 0.3) is 11.1 Å². The molecule has 0 saturated carbocycles. The van der Waals surface area contributed by atoms with Crippen LogP contribution in [-0.2, 0) is 0 Å². The van der Waals surface area contributed by atoms with E-state index in [1.807, 2.05) is 6.07 Å². The van der Waals surface area contributed by atoms with Gasteiger partial charge in [0.05, 0.1) is 5.02 Å². The predicted octanol–water partition coefficient (Wildman–Crippen LogP) is 5.13. The summed E-state index contributed by atoms with van der Waals surface area (Å²) in [7, 11) is 0. The van der Waals surface area contributed by atoms with E-state index >= 15 is 0 Å². The Hall–Kier alpha value is -1.02. The van der Waals surface area contributed by atoms with Crippen molar-refractivity contribution in [3.05, 3.63) is 57.0 Å². The minimum atomic E-state index is 0.406. The molecule has 0 spiro atoms. The third-order valence-corrected chi connectivity index (χ3v) is 3.24. The van der Waals surface area contributed by atoms with E-state index in [1.165, 1.54) is 0 Å². The Labute approximate surface area is 114 Å². The molecule has 0 aliphatic carbocycles. The number of carbonyl (C=O) groups excluding carboxylic acids is 1. The maximum absolute atomic E-state index is 10.7. The number of halogens is 3. The lowest BCUT2D eigenvalue weighted by molar-refractivity contribution is 0.112. The van der Waals surface area contributed by atoms with Crippen LogP contribution in [0, 0.1) is 0 Å². The first-order chi connectivity index (χ1) is 8.11. The minimum Gasteiger partial charge on any atom is -0.298 e. The second-order valence-electron chi connectivity index (χ2n) is 3.48. The SMILES string of the molecule is O=Cc1ccc(-c2ccc(Cl)cc2Cl)cc1Cl. The van der Waals surface area contributed by atoms with Gasteiger partial charge in [-0.2, -0.15) is 0 Å². The molecular weight excluding hydrogens is 279 g/mol. The Morgan fingerprint density at radius 3 is 2.24 bits per heavy atom. The van der Waals surface area contributed by atoms with Gasteiger partial charge >= 0.3 is 0 Å². The fourth-order valence-electron chi connectivity index (χ4n) is 1.51. The molecule has 86 valence electrons. The molecule has 0 N–H and O–H groups in total. The van der Waals surface area contributed by atoms with Gasteiger partial charge in [-0.25, -0.2) is 0 Å². The number of carbonyl (C=O) groups is 1. The van der Waals surface area contributed by atoms with E-state index in [-0.39, 0.29) is 0 Å². The third-order valence-electron chi connectivity index (χ3n) is 2.37. The molecule has 0 amide bonds. The molecule has 0 saturated heterocycles. The van der Waals surface area contributed by atoms with Gasteiger partial charge in [-0.05, 0) is 29.8 Å². The molecule has 0 aliphatic heterocycles. The summed E-state index contributed by atoms with van der Waals surface area (Å²) < 4.78 is 0. The molecule has 0 radical (unpaired) electrons. The zero-order chi connectivity index (χ0) is 12.4. The molecule has 0 bridgehead atoms. The van der Waals surface area contributed by atoms with Gasteiger partial charge in [-0.3, -0.25) is 4.79 Å². The lowest BCUT2D eigenvalue weighted by atomic mass is 10.0. The zero-order valence-corrected chi connectivity index (χ0v) is 10.9. The Bertz CT molecular complexity index is 579. The quantitative estimate of drug-likeness (QED) is 0.699. The number of hydrogen-bond donors (Lipinski definition) is 0. The average molecular weight is 286 g/mol. The molecule has 4 heteroatoms. The van der Waals surface area contributed by atoms with Crippen LogP contribution in [0.3, 0.4) is 0 Å². The molecule has 2 aromatic carbocycles. The van der Waals surface area contributed by atoms with Gasteiger partial charge in [0.15, 0.2) is 6.29 Å². The van der Waals surface area contributed by atoms with E-state index in [0.717, 1.165) is 17.4 Å². The number of hydrogen-bond acceptors (Lipinski definition) is 1. The summed E-state index contributed by atoms with van der Waals surface area (Å²) in [6, 6.07) is 10.4. The summed E-state index contributed by atoms with van der Waals surface area (Å²) in [5.41, 5.74) is 2.14. The Balaban J connectivity index is 2.53. The van der Waals surface area contributed by atoms with Crippen LogP contribution in [0.15, 0.2) is 36.4 Å². The first-order valence-corrected chi connectivity index (χ1v) is 5.95. The van der Waals surface area contributed by atoms with E-state index < -0.39 is 0 Å². The standard InChI is InChI=1S/C13H7Cl3O/c14-10-3-4-11(13(16)6-10)8-1-2-9(7-17)12(15)5-8/h1-7H. The van der Waals surface area contributed by atoms with E-state index in [9.17, 15) is 4.79 Å². The highest BCUT2D eigenvalue weighted by Gasteiger charge is 2.06. The first kappa shape index (κ1) is 12.4. The molecule has 0 heterocycles. The lowest BCUT2D eigenvalue weighted by Crippen LogP contribution is -1.85. The maximum Gasteiger partial charge on any atom is 0.151 e. The van der Waals surface area contributed by atoms with Crippen LogP contribution in [0.5, 0.6) is 0 Å². The van der Waals surface area contributed by atoms with Crippen molar-refractivity contribution in [2.24, 2.45) is 0 Å². The van der Waals surface area contributed by atoms with Gasteiger partial charge in [0, 0.05) is 21.2 Å². The fourth-order valence-corrected chi connectivity index (χ4v) is 2.26. The molecule has 2 rings (SSSR count). The molecule has 1 nitrogen and oxygen atoms in total. The van der Waals surface area contributed by atoms with Crippen molar-refractivity contribution in [3.8, 4) is 11.1 Å². The molecular formula is C13H7Cl3O. The van der Waals surface area contributed by atoms with Crippen molar-refractivity contribution in [1.29, 1.82) is 0 Å². The van der Waals surface area contributed by atoms with Gasteiger partial charge in [-0.15, -0.1) is 0 Å². The van der Waals surface area contributed by atoms with Gasteiger partial charge in [-0.1, -0.05) is 46.9 Å². The highest BCUT2D eigenvalue weighted by molar-refractivity contribution is 6.36. The van der Waals surface area contributed by atoms with Crippen molar-refractivity contribution in [2.45, 2.75) is 0 Å². The van der Waals surface area contributed by atoms with Crippen LogP contribution >= 0.6 is 34.8 Å². The summed E-state index contributed by atoms with van der Waals surface area (Å²) in [6.45, 7) is 0. The monoisotopic (exact) mass is 284 g/mol. The van der Waals surface area contributed by atoms with E-state index in [2.05, 4.69) is 0 Å². The van der Waals surface area contributed by atoms with Crippen LogP contribution in [0.1, 0.15) is 10.4 Å². The van der Waals surface area contributed by atoms with Crippen molar-refractivity contribution in [2.75, 3.05) is 0 Å². The van der Waals surface area contributed by atoms with Crippen molar-refractivity contribution < 1.29 is 4.79 Å². The minimum absolute atomic E-state index is 0.406. The summed E-state index contributed by atoms with van der Waals surface area (Å²) in [6.07, 6.45) is 0.718. The summed E-state index contributed by atoms with van der Waals surface area (Å²) in [5.74, 6) is 0. The Morgan fingerprint density at radius 1 is 0.882 bits per heavy atom. The van der Waals surface area contributed by atoms with E-state index in [1.54, 1.807) is 30.3 Å². The summed E-state index contributed by atoms with van der Waals surface area (Å²) >= 11 is 17.9. The smallest absolute Gasteiger partial charge is 0.151 e. The zero-order valence-electron chi connectivity index (χ0n) is 8.58. The molecule has 0 aliphatic rings. The number of aldehydes is 1. The Morgan fingerprint density at radius 2 is 1.65 bits per heavy atom. The number of rotatable bonds is 2. The van der Waals surface area contributed by atoms with E-state index in [4.69, 9.17) is 34.8 Å². The maximum atomic E-state index is 10.7. The third kappa shape index (κ3) is 2.63. The van der Waals surface area contributed by atoms with Crippen LogP contribution < -0.4 is 0 Å². The molecule has 0 unspecified atom stereocenters. The van der Waals surface area contributed by atoms with Gasteiger partial charge in [0.25, 0.3) is 0 Å². The molecule has 0 aromatic heterocycles. The van der Waals surface area contributed by atoms with Crippen LogP contribution in [-0.4, -0.2) is 6.29 Å². The van der Waals surface area contributed by atoms with Crippen LogP contribution in [0.2, 0.25) is 15.1 Å². The fraction of sp³-hybridized carbons (Fsp3) is 0. The number of benzene rings is 2. The van der Waals surface area contributed by atoms with Crippen molar-refractivity contribution >= 4 is 41.1 Å².